The number of fused-ring (bicyclic) bond motifs is 2. The molecule has 0 aliphatic heterocycles. The van der Waals surface area contributed by atoms with Crippen molar-refractivity contribution in [1.82, 2.24) is 9.78 Å². The van der Waals surface area contributed by atoms with Crippen molar-refractivity contribution in [2.75, 3.05) is 0 Å². The summed E-state index contributed by atoms with van der Waals surface area (Å²) >= 11 is 0. The predicted molar refractivity (Wildman–Crippen MR) is 85.2 cm³/mol. The highest BCUT2D eigenvalue weighted by atomic mass is 16.6. The lowest BCUT2D eigenvalue weighted by Gasteiger charge is -2.05. The van der Waals surface area contributed by atoms with Crippen LogP contribution in [0.5, 0.6) is 0 Å². The Morgan fingerprint density at radius 3 is 2.55 bits per heavy atom. The normalized spacial score (nSPS) is 11.1. The SMILES string of the molecule is O=[N+]([O-])c1ccc2c(cnn2-c2ccc3ccccc3c2)c1. The molecule has 22 heavy (non-hydrogen) atoms. The largest absolute Gasteiger partial charge is 0.270 e. The summed E-state index contributed by atoms with van der Waals surface area (Å²) in [5.74, 6) is 0. The van der Waals surface area contributed by atoms with E-state index in [0.29, 0.717) is 0 Å². The third kappa shape index (κ3) is 1.91. The molecule has 0 saturated carbocycles. The zero-order valence-corrected chi connectivity index (χ0v) is 11.5. The molecule has 0 fully saturated rings. The Morgan fingerprint density at radius 1 is 0.909 bits per heavy atom. The van der Waals surface area contributed by atoms with Crippen LogP contribution in [-0.4, -0.2) is 14.7 Å². The Hall–Kier alpha value is -3.21. The van der Waals surface area contributed by atoms with Gasteiger partial charge in [-0.15, -0.1) is 0 Å². The van der Waals surface area contributed by atoms with E-state index in [0.717, 1.165) is 22.0 Å². The van der Waals surface area contributed by atoms with Gasteiger partial charge in [0, 0.05) is 17.5 Å². The van der Waals surface area contributed by atoms with Gasteiger partial charge in [-0.2, -0.15) is 5.10 Å². The van der Waals surface area contributed by atoms with E-state index in [9.17, 15) is 10.1 Å². The van der Waals surface area contributed by atoms with Gasteiger partial charge < -0.3 is 0 Å². The fourth-order valence-corrected chi connectivity index (χ4v) is 2.65. The molecule has 0 saturated heterocycles. The van der Waals surface area contributed by atoms with Crippen LogP contribution in [0.1, 0.15) is 0 Å². The molecule has 1 heterocycles. The lowest BCUT2D eigenvalue weighted by molar-refractivity contribution is -0.384. The molecule has 1 aromatic heterocycles. The Morgan fingerprint density at radius 2 is 1.73 bits per heavy atom. The number of rotatable bonds is 2. The van der Waals surface area contributed by atoms with Gasteiger partial charge in [-0.05, 0) is 29.0 Å². The first-order valence-electron chi connectivity index (χ1n) is 6.84. The van der Waals surface area contributed by atoms with Crippen LogP contribution in [0.25, 0.3) is 27.4 Å². The van der Waals surface area contributed by atoms with Gasteiger partial charge in [0.1, 0.15) is 0 Å². The van der Waals surface area contributed by atoms with Gasteiger partial charge in [0.05, 0.1) is 22.3 Å². The van der Waals surface area contributed by atoms with E-state index >= 15 is 0 Å². The molecule has 0 bridgehead atoms. The number of nitro benzene ring substituents is 1. The molecular weight excluding hydrogens is 278 g/mol. The topological polar surface area (TPSA) is 61.0 Å². The number of nitrogens with zero attached hydrogens (tertiary/aromatic N) is 3. The summed E-state index contributed by atoms with van der Waals surface area (Å²) in [6, 6.07) is 19.0. The minimum absolute atomic E-state index is 0.0746. The maximum atomic E-state index is 10.8. The molecule has 0 unspecified atom stereocenters. The molecule has 0 aliphatic rings. The minimum atomic E-state index is -0.396. The van der Waals surface area contributed by atoms with Crippen LogP contribution in [0.2, 0.25) is 0 Å². The standard InChI is InChI=1S/C17H11N3O2/c21-20(22)16-7-8-17-14(10-16)11-18-19(17)15-6-5-12-3-1-2-4-13(12)9-15/h1-11H. The summed E-state index contributed by atoms with van der Waals surface area (Å²) < 4.78 is 1.80. The summed E-state index contributed by atoms with van der Waals surface area (Å²) in [6.07, 6.45) is 1.65. The van der Waals surface area contributed by atoms with Crippen molar-refractivity contribution in [3.63, 3.8) is 0 Å². The second kappa shape index (κ2) is 4.66. The molecule has 0 atom stereocenters. The van der Waals surface area contributed by atoms with Crippen LogP contribution >= 0.6 is 0 Å². The van der Waals surface area contributed by atoms with Crippen molar-refractivity contribution in [3.8, 4) is 5.69 Å². The predicted octanol–water partition coefficient (Wildman–Crippen LogP) is 4.09. The molecule has 5 nitrogen and oxygen atoms in total. The van der Waals surface area contributed by atoms with Gasteiger partial charge in [0.15, 0.2) is 0 Å². The van der Waals surface area contributed by atoms with Crippen molar-refractivity contribution in [3.05, 3.63) is 77.0 Å². The second-order valence-electron chi connectivity index (χ2n) is 5.09. The maximum absolute atomic E-state index is 10.8. The van der Waals surface area contributed by atoms with E-state index < -0.39 is 4.92 Å². The average Bonchev–Trinajstić information content (AvgIpc) is 2.97. The van der Waals surface area contributed by atoms with E-state index in [1.165, 1.54) is 11.5 Å². The summed E-state index contributed by atoms with van der Waals surface area (Å²) in [5, 5.41) is 18.3. The fraction of sp³-hybridized carbons (Fsp3) is 0. The lowest BCUT2D eigenvalue weighted by Crippen LogP contribution is -1.96. The Bertz CT molecular complexity index is 1020. The van der Waals surface area contributed by atoms with Gasteiger partial charge in [-0.1, -0.05) is 30.3 Å². The van der Waals surface area contributed by atoms with Crippen LogP contribution in [0.4, 0.5) is 5.69 Å². The quantitative estimate of drug-likeness (QED) is 0.412. The minimum Gasteiger partial charge on any atom is -0.258 e. The van der Waals surface area contributed by atoms with Crippen molar-refractivity contribution < 1.29 is 4.92 Å². The van der Waals surface area contributed by atoms with Crippen molar-refractivity contribution >= 4 is 27.4 Å². The van der Waals surface area contributed by atoms with Gasteiger partial charge in [0.2, 0.25) is 0 Å². The van der Waals surface area contributed by atoms with E-state index in [4.69, 9.17) is 0 Å². The molecule has 4 rings (SSSR count). The lowest BCUT2D eigenvalue weighted by atomic mass is 10.1. The third-order valence-corrected chi connectivity index (χ3v) is 3.74. The Labute approximate surface area is 125 Å². The first-order valence-corrected chi connectivity index (χ1v) is 6.84. The smallest absolute Gasteiger partial charge is 0.258 e. The molecule has 4 aromatic rings. The van der Waals surface area contributed by atoms with Crippen LogP contribution in [-0.2, 0) is 0 Å². The molecule has 5 heteroatoms. The number of aromatic nitrogens is 2. The highest BCUT2D eigenvalue weighted by molar-refractivity contribution is 5.86. The van der Waals surface area contributed by atoms with Crippen LogP contribution in [0.15, 0.2) is 66.9 Å². The zero-order valence-electron chi connectivity index (χ0n) is 11.5. The van der Waals surface area contributed by atoms with Gasteiger partial charge in [-0.3, -0.25) is 10.1 Å². The molecular formula is C17H11N3O2. The molecule has 0 radical (unpaired) electrons. The molecule has 106 valence electrons. The van der Waals surface area contributed by atoms with Crippen LogP contribution < -0.4 is 0 Å². The molecule has 0 amide bonds. The first-order chi connectivity index (χ1) is 10.7. The number of non-ortho nitro benzene ring substituents is 1. The molecule has 0 spiro atoms. The number of hydrogen-bond donors (Lipinski definition) is 0. The average molecular weight is 289 g/mol. The van der Waals surface area contributed by atoms with E-state index in [-0.39, 0.29) is 5.69 Å². The third-order valence-electron chi connectivity index (χ3n) is 3.74. The molecule has 0 aliphatic carbocycles. The first kappa shape index (κ1) is 12.5. The van der Waals surface area contributed by atoms with Crippen LogP contribution in [0.3, 0.4) is 0 Å². The highest BCUT2D eigenvalue weighted by Crippen LogP contribution is 2.25. The van der Waals surface area contributed by atoms with Gasteiger partial charge >= 0.3 is 0 Å². The Balaban J connectivity index is 1.90. The summed E-state index contributed by atoms with van der Waals surface area (Å²) in [7, 11) is 0. The number of nitro groups is 1. The molecule has 0 N–H and O–H groups in total. The fourth-order valence-electron chi connectivity index (χ4n) is 2.65. The maximum Gasteiger partial charge on any atom is 0.270 e. The van der Waals surface area contributed by atoms with Gasteiger partial charge in [0.25, 0.3) is 5.69 Å². The Kier molecular flexibility index (Phi) is 2.66. The van der Waals surface area contributed by atoms with E-state index in [1.807, 2.05) is 24.3 Å². The summed E-state index contributed by atoms with van der Waals surface area (Å²) in [6.45, 7) is 0. The van der Waals surface area contributed by atoms with Crippen molar-refractivity contribution in [2.24, 2.45) is 0 Å². The number of hydrogen-bond acceptors (Lipinski definition) is 3. The zero-order chi connectivity index (χ0) is 15.1. The van der Waals surface area contributed by atoms with Gasteiger partial charge in [-0.25, -0.2) is 4.68 Å². The van der Waals surface area contributed by atoms with E-state index in [2.05, 4.69) is 23.3 Å². The molecule has 3 aromatic carbocycles. The van der Waals surface area contributed by atoms with E-state index in [1.54, 1.807) is 23.0 Å². The van der Waals surface area contributed by atoms with Crippen LogP contribution in [0, 0.1) is 10.1 Å². The van der Waals surface area contributed by atoms with Crippen molar-refractivity contribution in [2.45, 2.75) is 0 Å². The summed E-state index contributed by atoms with van der Waals surface area (Å²) in [5.41, 5.74) is 1.86. The second-order valence-corrected chi connectivity index (χ2v) is 5.09. The monoisotopic (exact) mass is 289 g/mol. The summed E-state index contributed by atoms with van der Waals surface area (Å²) in [4.78, 5) is 10.5. The number of benzene rings is 3. The highest BCUT2D eigenvalue weighted by Gasteiger charge is 2.10. The van der Waals surface area contributed by atoms with Crippen molar-refractivity contribution in [1.29, 1.82) is 0 Å².